The molecule has 1 aliphatic heterocycles. The van der Waals surface area contributed by atoms with Crippen molar-refractivity contribution in [3.63, 3.8) is 0 Å². The number of amides is 3. The molecule has 48 heavy (non-hydrogen) atoms. The summed E-state index contributed by atoms with van der Waals surface area (Å²) in [5.41, 5.74) is 2.40. The highest BCUT2D eigenvalue weighted by molar-refractivity contribution is 5.92. The van der Waals surface area contributed by atoms with Gasteiger partial charge in [0.25, 0.3) is 11.8 Å². The highest BCUT2D eigenvalue weighted by Crippen LogP contribution is 2.38. The molecule has 2 unspecified atom stereocenters. The van der Waals surface area contributed by atoms with Gasteiger partial charge in [-0.25, -0.2) is 14.0 Å². The maximum absolute atomic E-state index is 14.5. The number of carboxylic acid groups (broad SMARTS) is 1. The molecule has 5 N–H and O–H groups in total. The van der Waals surface area contributed by atoms with E-state index in [4.69, 9.17) is 5.11 Å². The van der Waals surface area contributed by atoms with Crippen molar-refractivity contribution in [1.29, 1.82) is 0 Å². The number of aliphatic carboxylic acids is 1. The molecule has 1 fully saturated rings. The van der Waals surface area contributed by atoms with Gasteiger partial charge in [0.1, 0.15) is 11.5 Å². The molecule has 4 rings (SSSR count). The van der Waals surface area contributed by atoms with E-state index in [1.54, 1.807) is 29.7 Å². The number of carbonyl (C=O) groups excluding carboxylic acids is 3. The van der Waals surface area contributed by atoms with E-state index in [0.717, 1.165) is 12.5 Å². The summed E-state index contributed by atoms with van der Waals surface area (Å²) in [6.07, 6.45) is -4.55. The summed E-state index contributed by atoms with van der Waals surface area (Å²) in [4.78, 5) is 51.4. The maximum Gasteiger partial charge on any atom is 0.408 e. The molecule has 0 bridgehead atoms. The first-order chi connectivity index (χ1) is 22.8. The van der Waals surface area contributed by atoms with Crippen LogP contribution in [0, 0.1) is 0 Å². The minimum absolute atomic E-state index is 0.0204. The van der Waals surface area contributed by atoms with E-state index < -0.39 is 42.7 Å². The third-order valence-electron chi connectivity index (χ3n) is 7.82. The number of alkyl carbamates (subject to hydrolysis) is 1. The average molecular weight is 670 g/mol. The Morgan fingerprint density at radius 3 is 2.23 bits per heavy atom. The minimum Gasteiger partial charge on any atom is -0.508 e. The van der Waals surface area contributed by atoms with Crippen molar-refractivity contribution in [3.05, 3.63) is 53.3 Å². The number of carbonyl (C=O) groups is 4. The molecule has 15 nitrogen and oxygen atoms in total. The normalized spacial score (nSPS) is 14.8. The lowest BCUT2D eigenvalue weighted by Gasteiger charge is -2.35. The van der Waals surface area contributed by atoms with Gasteiger partial charge in [-0.3, -0.25) is 19.1 Å². The number of halogens is 1. The lowest BCUT2D eigenvalue weighted by molar-refractivity contribution is -0.146. The van der Waals surface area contributed by atoms with Gasteiger partial charge in [0, 0.05) is 51.0 Å². The van der Waals surface area contributed by atoms with Crippen LogP contribution >= 0.6 is 0 Å². The second-order valence-corrected chi connectivity index (χ2v) is 11.6. The lowest BCUT2D eigenvalue weighted by atomic mass is 9.98. The average Bonchev–Trinajstić information content (AvgIpc) is 3.49. The molecule has 3 aromatic rings. The fraction of sp³-hybridized carbons (Fsp3) is 0.438. The fourth-order valence-electron chi connectivity index (χ4n) is 5.17. The topological polar surface area (TPSA) is 199 Å². The number of hydrogen-bond acceptors (Lipinski definition) is 10. The number of phenols is 2. The van der Waals surface area contributed by atoms with Crippen LogP contribution in [0.3, 0.4) is 0 Å². The number of hydrogen-bond donors (Lipinski definition) is 5. The first-order valence-corrected chi connectivity index (χ1v) is 15.5. The first-order valence-electron chi connectivity index (χ1n) is 15.5. The molecule has 2 atom stereocenters. The zero-order valence-corrected chi connectivity index (χ0v) is 27.1. The Morgan fingerprint density at radius 2 is 1.62 bits per heavy atom. The molecule has 2 heterocycles. The van der Waals surface area contributed by atoms with Crippen LogP contribution in [0.2, 0.25) is 0 Å². The highest BCUT2D eigenvalue weighted by Gasteiger charge is 2.29. The molecule has 0 spiro atoms. The summed E-state index contributed by atoms with van der Waals surface area (Å²) in [5, 5.41) is 43.1. The number of nitrogens with zero attached hydrogens (tertiary/aromatic N) is 5. The number of nitrogens with one attached hydrogen (secondary N) is 2. The van der Waals surface area contributed by atoms with Crippen molar-refractivity contribution < 1.29 is 43.6 Å². The van der Waals surface area contributed by atoms with E-state index in [9.17, 15) is 33.8 Å². The molecule has 2 aromatic carbocycles. The van der Waals surface area contributed by atoms with Crippen LogP contribution in [0.4, 0.5) is 9.18 Å². The monoisotopic (exact) mass is 669 g/mol. The van der Waals surface area contributed by atoms with Gasteiger partial charge in [0.15, 0.2) is 18.1 Å². The Hall–Kier alpha value is -5.25. The molecule has 0 radical (unpaired) electrons. The quantitative estimate of drug-likeness (QED) is 0.190. The van der Waals surface area contributed by atoms with Gasteiger partial charge in [0.05, 0.1) is 12.1 Å². The van der Waals surface area contributed by atoms with Crippen LogP contribution < -0.4 is 10.6 Å². The Balaban J connectivity index is 1.42. The number of aromatic hydroxyl groups is 2. The molecule has 16 heteroatoms. The molecule has 0 saturated carbocycles. The van der Waals surface area contributed by atoms with Gasteiger partial charge in [-0.15, -0.1) is 10.2 Å². The largest absolute Gasteiger partial charge is 0.508 e. The predicted octanol–water partition coefficient (Wildman–Crippen LogP) is 2.40. The lowest BCUT2D eigenvalue weighted by Crippen LogP contribution is -2.52. The van der Waals surface area contributed by atoms with Crippen LogP contribution in [-0.2, 0) is 20.9 Å². The molecular weight excluding hydrogens is 629 g/mol. The Labute approximate surface area is 276 Å². The second kappa shape index (κ2) is 15.6. The molecular formula is C32H40FN7O8. The van der Waals surface area contributed by atoms with Crippen molar-refractivity contribution in [2.24, 2.45) is 0 Å². The van der Waals surface area contributed by atoms with Gasteiger partial charge < -0.3 is 35.6 Å². The Morgan fingerprint density at radius 1 is 0.958 bits per heavy atom. The van der Waals surface area contributed by atoms with Crippen LogP contribution in [-0.4, -0.2) is 115 Å². The number of carboxylic acids is 1. The summed E-state index contributed by atoms with van der Waals surface area (Å²) in [6, 6.07) is 10.2. The standard InChI is InChI=1S/C32H40FN7O8/c1-5-34-29(43)28-37-36-27(23-14-22(18(2)3)25(41)15-26(23)42)40(28)21-8-6-20(7-9-21)17-38-10-12-39(13-11-38)30(44)24(33)16-35-32(47)48-19(4)31(45)46/h6-9,14-15,18-19,24,41-42H,5,10-13,16-17H2,1-4H3,(H,34,43)(H,35,47)(H,45,46). The van der Waals surface area contributed by atoms with Crippen LogP contribution in [0.15, 0.2) is 36.4 Å². The molecule has 3 amide bonds. The van der Waals surface area contributed by atoms with E-state index in [2.05, 4.69) is 30.5 Å². The van der Waals surface area contributed by atoms with Gasteiger partial charge in [-0.2, -0.15) is 0 Å². The minimum atomic E-state index is -2.01. The Kier molecular flexibility index (Phi) is 11.5. The van der Waals surface area contributed by atoms with Crippen molar-refractivity contribution in [2.45, 2.75) is 52.4 Å². The van der Waals surface area contributed by atoms with E-state index in [0.29, 0.717) is 43.0 Å². The molecule has 0 aliphatic carbocycles. The zero-order chi connectivity index (χ0) is 35.1. The SMILES string of the molecule is CCNC(=O)c1nnc(-c2cc(C(C)C)c(O)cc2O)n1-c1ccc(CN2CCN(C(=O)C(F)CNC(=O)OC(C)C(=O)O)CC2)cc1. The number of alkyl halides is 1. The second-order valence-electron chi connectivity index (χ2n) is 11.6. The zero-order valence-electron chi connectivity index (χ0n) is 27.1. The van der Waals surface area contributed by atoms with Crippen molar-refractivity contribution >= 4 is 23.9 Å². The summed E-state index contributed by atoms with van der Waals surface area (Å²) >= 11 is 0. The van der Waals surface area contributed by atoms with E-state index in [1.807, 2.05) is 26.0 Å². The van der Waals surface area contributed by atoms with E-state index in [1.165, 1.54) is 11.0 Å². The number of benzene rings is 2. The van der Waals surface area contributed by atoms with Gasteiger partial charge >= 0.3 is 12.1 Å². The van der Waals surface area contributed by atoms with Crippen LogP contribution in [0.25, 0.3) is 17.1 Å². The van der Waals surface area contributed by atoms with Gasteiger partial charge in [-0.1, -0.05) is 26.0 Å². The first kappa shape index (κ1) is 35.6. The van der Waals surface area contributed by atoms with Gasteiger partial charge in [0.2, 0.25) is 5.82 Å². The fourth-order valence-corrected chi connectivity index (χ4v) is 5.17. The van der Waals surface area contributed by atoms with Crippen LogP contribution in [0.1, 0.15) is 55.4 Å². The van der Waals surface area contributed by atoms with Crippen LogP contribution in [0.5, 0.6) is 11.5 Å². The summed E-state index contributed by atoms with van der Waals surface area (Å²) in [7, 11) is 0. The highest BCUT2D eigenvalue weighted by atomic mass is 19.1. The number of ether oxygens (including phenoxy) is 1. The van der Waals surface area contributed by atoms with Crippen molar-refractivity contribution in [3.8, 4) is 28.6 Å². The summed E-state index contributed by atoms with van der Waals surface area (Å²) in [5.74, 6) is -2.66. The third-order valence-corrected chi connectivity index (χ3v) is 7.82. The number of phenolic OH excluding ortho intramolecular Hbond substituents is 2. The Bertz CT molecular complexity index is 1640. The number of piperazine rings is 1. The third kappa shape index (κ3) is 8.36. The predicted molar refractivity (Wildman–Crippen MR) is 171 cm³/mol. The number of aromatic nitrogens is 3. The maximum atomic E-state index is 14.5. The smallest absolute Gasteiger partial charge is 0.408 e. The summed E-state index contributed by atoms with van der Waals surface area (Å²) < 4.78 is 20.6. The molecule has 1 saturated heterocycles. The van der Waals surface area contributed by atoms with Crippen molar-refractivity contribution in [2.75, 3.05) is 39.3 Å². The molecule has 1 aromatic heterocycles. The van der Waals surface area contributed by atoms with Gasteiger partial charge in [-0.05, 0) is 49.1 Å². The molecule has 258 valence electrons. The van der Waals surface area contributed by atoms with Crippen molar-refractivity contribution in [1.82, 2.24) is 35.2 Å². The van der Waals surface area contributed by atoms with E-state index in [-0.39, 0.29) is 42.2 Å². The molecule has 1 aliphatic rings. The number of rotatable bonds is 12. The summed E-state index contributed by atoms with van der Waals surface area (Å²) in [6.45, 7) is 8.49. The van der Waals surface area contributed by atoms with E-state index >= 15 is 0 Å².